The average Bonchev–Trinajstić information content (AvgIpc) is 2.47. The highest BCUT2D eigenvalue weighted by Crippen LogP contribution is 2.19. The van der Waals surface area contributed by atoms with E-state index in [2.05, 4.69) is 4.72 Å². The lowest BCUT2D eigenvalue weighted by Crippen LogP contribution is -2.24. The fourth-order valence-electron chi connectivity index (χ4n) is 1.74. The van der Waals surface area contributed by atoms with Crippen LogP contribution in [0.3, 0.4) is 0 Å². The van der Waals surface area contributed by atoms with Crippen LogP contribution in [0, 0.1) is 5.82 Å². The zero-order chi connectivity index (χ0) is 15.5. The average molecular weight is 330 g/mol. The van der Waals surface area contributed by atoms with Crippen molar-refractivity contribution in [3.63, 3.8) is 0 Å². The predicted molar refractivity (Wildman–Crippen MR) is 77.8 cm³/mol. The Morgan fingerprint density at radius 1 is 1.19 bits per heavy atom. The number of aliphatic hydroxyl groups is 1. The van der Waals surface area contributed by atoms with Gasteiger partial charge in [-0.3, -0.25) is 0 Å². The van der Waals surface area contributed by atoms with Crippen LogP contribution in [0.25, 0.3) is 0 Å². The van der Waals surface area contributed by atoms with E-state index in [4.69, 9.17) is 16.7 Å². The molecule has 0 amide bonds. The summed E-state index contributed by atoms with van der Waals surface area (Å²) in [7, 11) is -4.03. The highest BCUT2D eigenvalue weighted by atomic mass is 35.5. The number of sulfonamides is 1. The minimum absolute atomic E-state index is 0.0508. The summed E-state index contributed by atoms with van der Waals surface area (Å²) in [5, 5.41) is 9.43. The number of benzene rings is 2. The SMILES string of the molecule is O=S(=O)(NCc1ccccc1Cl)c1cc(CO)ccc1F. The molecule has 0 aromatic heterocycles. The molecule has 0 radical (unpaired) electrons. The van der Waals surface area contributed by atoms with Crippen molar-refractivity contribution in [2.24, 2.45) is 0 Å². The molecule has 0 spiro atoms. The minimum Gasteiger partial charge on any atom is -0.392 e. The second kappa shape index (κ2) is 6.53. The molecule has 0 fully saturated rings. The van der Waals surface area contributed by atoms with Gasteiger partial charge in [-0.2, -0.15) is 0 Å². The van der Waals surface area contributed by atoms with Crippen molar-refractivity contribution in [3.05, 3.63) is 64.4 Å². The van der Waals surface area contributed by atoms with E-state index in [1.165, 1.54) is 6.07 Å². The van der Waals surface area contributed by atoms with Crippen LogP contribution >= 0.6 is 11.6 Å². The molecule has 2 aromatic rings. The van der Waals surface area contributed by atoms with Crippen molar-refractivity contribution in [2.75, 3.05) is 0 Å². The molecule has 0 unspecified atom stereocenters. The summed E-state index contributed by atoms with van der Waals surface area (Å²) in [6, 6.07) is 10.2. The van der Waals surface area contributed by atoms with E-state index in [9.17, 15) is 12.8 Å². The van der Waals surface area contributed by atoms with E-state index in [0.717, 1.165) is 12.1 Å². The van der Waals surface area contributed by atoms with Gasteiger partial charge < -0.3 is 5.11 Å². The summed E-state index contributed by atoms with van der Waals surface area (Å²) in [6.45, 7) is -0.419. The van der Waals surface area contributed by atoms with Gasteiger partial charge >= 0.3 is 0 Å². The van der Waals surface area contributed by atoms with Gasteiger partial charge in [0.15, 0.2) is 0 Å². The van der Waals surface area contributed by atoms with Crippen LogP contribution in [-0.4, -0.2) is 13.5 Å². The van der Waals surface area contributed by atoms with Crippen molar-refractivity contribution >= 4 is 21.6 Å². The van der Waals surface area contributed by atoms with E-state index < -0.39 is 20.7 Å². The molecule has 0 atom stereocenters. The molecule has 4 nitrogen and oxygen atoms in total. The highest BCUT2D eigenvalue weighted by Gasteiger charge is 2.19. The zero-order valence-electron chi connectivity index (χ0n) is 10.9. The van der Waals surface area contributed by atoms with Crippen LogP contribution in [0.4, 0.5) is 4.39 Å². The van der Waals surface area contributed by atoms with Crippen molar-refractivity contribution in [2.45, 2.75) is 18.0 Å². The van der Waals surface area contributed by atoms with Crippen LogP contribution in [-0.2, 0) is 23.2 Å². The summed E-state index contributed by atoms with van der Waals surface area (Å²) < 4.78 is 40.2. The van der Waals surface area contributed by atoms with Gasteiger partial charge in [0.05, 0.1) is 6.61 Å². The Morgan fingerprint density at radius 2 is 1.90 bits per heavy atom. The van der Waals surface area contributed by atoms with Gasteiger partial charge in [-0.05, 0) is 29.3 Å². The van der Waals surface area contributed by atoms with Crippen molar-refractivity contribution in [3.8, 4) is 0 Å². The molecule has 2 rings (SSSR count). The first-order valence-electron chi connectivity index (χ1n) is 6.06. The third-order valence-corrected chi connectivity index (χ3v) is 4.66. The van der Waals surface area contributed by atoms with E-state index in [1.807, 2.05) is 0 Å². The second-order valence-electron chi connectivity index (χ2n) is 4.34. The molecular weight excluding hydrogens is 317 g/mol. The molecule has 21 heavy (non-hydrogen) atoms. The van der Waals surface area contributed by atoms with Crippen LogP contribution in [0.2, 0.25) is 5.02 Å². The van der Waals surface area contributed by atoms with Crippen LogP contribution in [0.1, 0.15) is 11.1 Å². The predicted octanol–water partition coefficient (Wildman–Crippen LogP) is 2.45. The maximum atomic E-state index is 13.7. The van der Waals surface area contributed by atoms with Gasteiger partial charge in [-0.25, -0.2) is 17.5 Å². The first kappa shape index (κ1) is 15.9. The minimum atomic E-state index is -4.03. The van der Waals surface area contributed by atoms with Gasteiger partial charge in [0.2, 0.25) is 10.0 Å². The van der Waals surface area contributed by atoms with Gasteiger partial charge in [-0.1, -0.05) is 35.9 Å². The number of hydrogen-bond donors (Lipinski definition) is 2. The third-order valence-electron chi connectivity index (χ3n) is 2.88. The Hall–Kier alpha value is -1.47. The van der Waals surface area contributed by atoms with Gasteiger partial charge in [-0.15, -0.1) is 0 Å². The molecule has 0 aliphatic rings. The fraction of sp³-hybridized carbons (Fsp3) is 0.143. The standard InChI is InChI=1S/C14H13ClFNO3S/c15-12-4-2-1-3-11(12)8-17-21(19,20)14-7-10(9-18)5-6-13(14)16/h1-7,17-18H,8-9H2. The van der Waals surface area contributed by atoms with E-state index in [-0.39, 0.29) is 13.2 Å². The Labute approximate surface area is 127 Å². The summed E-state index contributed by atoms with van der Waals surface area (Å²) in [4.78, 5) is -0.499. The molecule has 2 N–H and O–H groups in total. The lowest BCUT2D eigenvalue weighted by Gasteiger charge is -2.10. The quantitative estimate of drug-likeness (QED) is 0.885. The van der Waals surface area contributed by atoms with E-state index >= 15 is 0 Å². The van der Waals surface area contributed by atoms with Crippen molar-refractivity contribution in [1.29, 1.82) is 0 Å². The lowest BCUT2D eigenvalue weighted by molar-refractivity contribution is 0.281. The molecule has 0 heterocycles. The van der Waals surface area contributed by atoms with Crippen molar-refractivity contribution in [1.82, 2.24) is 4.72 Å². The smallest absolute Gasteiger partial charge is 0.243 e. The third kappa shape index (κ3) is 3.79. The molecule has 7 heteroatoms. The normalized spacial score (nSPS) is 11.6. The molecule has 0 aliphatic carbocycles. The maximum absolute atomic E-state index is 13.7. The molecule has 112 valence electrons. The largest absolute Gasteiger partial charge is 0.392 e. The van der Waals surface area contributed by atoms with Gasteiger partial charge in [0.1, 0.15) is 10.7 Å². The molecule has 0 aliphatic heterocycles. The molecule has 0 saturated carbocycles. The summed E-state index contributed by atoms with van der Waals surface area (Å²) in [5.74, 6) is -0.876. The molecule has 0 bridgehead atoms. The molecular formula is C14H13ClFNO3S. The van der Waals surface area contributed by atoms with Gasteiger partial charge in [0, 0.05) is 11.6 Å². The lowest BCUT2D eigenvalue weighted by atomic mass is 10.2. The fourth-order valence-corrected chi connectivity index (χ4v) is 3.08. The Kier molecular flexibility index (Phi) is 4.95. The summed E-state index contributed by atoms with van der Waals surface area (Å²) in [6.07, 6.45) is 0. The van der Waals surface area contributed by atoms with Crippen LogP contribution in [0.5, 0.6) is 0 Å². The number of rotatable bonds is 5. The first-order chi connectivity index (χ1) is 9.94. The summed E-state index contributed by atoms with van der Waals surface area (Å²) >= 11 is 5.94. The zero-order valence-corrected chi connectivity index (χ0v) is 12.5. The van der Waals surface area contributed by atoms with Gasteiger partial charge in [0.25, 0.3) is 0 Å². The second-order valence-corrected chi connectivity index (χ2v) is 6.48. The van der Waals surface area contributed by atoms with E-state index in [0.29, 0.717) is 16.1 Å². The van der Waals surface area contributed by atoms with E-state index in [1.54, 1.807) is 24.3 Å². The summed E-state index contributed by atoms with van der Waals surface area (Å²) in [5.41, 5.74) is 0.899. The topological polar surface area (TPSA) is 66.4 Å². The molecule has 2 aromatic carbocycles. The molecule has 0 saturated heterocycles. The number of halogens is 2. The first-order valence-corrected chi connectivity index (χ1v) is 7.92. The van der Waals surface area contributed by atoms with Crippen LogP contribution in [0.15, 0.2) is 47.4 Å². The highest BCUT2D eigenvalue weighted by molar-refractivity contribution is 7.89. The van der Waals surface area contributed by atoms with Crippen molar-refractivity contribution < 1.29 is 17.9 Å². The monoisotopic (exact) mass is 329 g/mol. The number of nitrogens with one attached hydrogen (secondary N) is 1. The Bertz CT molecular complexity index is 750. The Balaban J connectivity index is 2.25. The van der Waals surface area contributed by atoms with Crippen LogP contribution < -0.4 is 4.72 Å². The maximum Gasteiger partial charge on any atom is 0.243 e. The Morgan fingerprint density at radius 3 is 2.57 bits per heavy atom. The number of hydrogen-bond acceptors (Lipinski definition) is 3. The number of aliphatic hydroxyl groups excluding tert-OH is 1.